The number of benzene rings is 1. The Kier molecular flexibility index (Phi) is 4.30. The minimum atomic E-state index is -3.57. The zero-order valence-electron chi connectivity index (χ0n) is 10.4. The molecule has 0 radical (unpaired) electrons. The number of aliphatic hydroxyl groups excluding tert-OH is 1. The third-order valence-electron chi connectivity index (χ3n) is 2.84. The molecule has 17 heavy (non-hydrogen) atoms. The molecule has 0 aliphatic heterocycles. The van der Waals surface area contributed by atoms with Crippen LogP contribution >= 0.6 is 0 Å². The highest BCUT2D eigenvalue weighted by molar-refractivity contribution is 7.89. The summed E-state index contributed by atoms with van der Waals surface area (Å²) in [7, 11) is -3.57. The molecule has 0 aliphatic rings. The van der Waals surface area contributed by atoms with Gasteiger partial charge < -0.3 is 5.11 Å². The molecule has 0 spiro atoms. The smallest absolute Gasteiger partial charge is 0.241 e. The molecule has 1 unspecified atom stereocenters. The quantitative estimate of drug-likeness (QED) is 0.838. The summed E-state index contributed by atoms with van der Waals surface area (Å²) in [4.78, 5) is 0.219. The zero-order valence-corrected chi connectivity index (χ0v) is 11.2. The minimum absolute atomic E-state index is 0.219. The van der Waals surface area contributed by atoms with Gasteiger partial charge in [-0.25, -0.2) is 13.1 Å². The molecule has 0 saturated carbocycles. The topological polar surface area (TPSA) is 66.4 Å². The van der Waals surface area contributed by atoms with Crippen molar-refractivity contribution in [3.8, 4) is 0 Å². The van der Waals surface area contributed by atoms with Gasteiger partial charge in [-0.2, -0.15) is 0 Å². The highest BCUT2D eigenvalue weighted by Gasteiger charge is 2.28. The van der Waals surface area contributed by atoms with Crippen molar-refractivity contribution in [2.24, 2.45) is 0 Å². The van der Waals surface area contributed by atoms with Gasteiger partial charge in [-0.15, -0.1) is 0 Å². The Hall–Kier alpha value is -0.910. The van der Waals surface area contributed by atoms with Crippen molar-refractivity contribution in [3.63, 3.8) is 0 Å². The molecule has 1 atom stereocenters. The molecular weight excluding hydrogens is 238 g/mol. The number of hydrogen-bond acceptors (Lipinski definition) is 3. The van der Waals surface area contributed by atoms with Gasteiger partial charge in [0.05, 0.1) is 17.0 Å². The van der Waals surface area contributed by atoms with E-state index in [2.05, 4.69) is 4.72 Å². The Morgan fingerprint density at radius 1 is 1.29 bits per heavy atom. The highest BCUT2D eigenvalue weighted by atomic mass is 32.2. The fraction of sp³-hybridized carbons (Fsp3) is 0.500. The van der Waals surface area contributed by atoms with Crippen molar-refractivity contribution in [1.82, 2.24) is 4.72 Å². The van der Waals surface area contributed by atoms with E-state index < -0.39 is 15.6 Å². The summed E-state index contributed by atoms with van der Waals surface area (Å²) in [5, 5.41) is 9.21. The van der Waals surface area contributed by atoms with Crippen LogP contribution in [0.15, 0.2) is 29.2 Å². The van der Waals surface area contributed by atoms with Crippen LogP contribution in [0.2, 0.25) is 0 Å². The van der Waals surface area contributed by atoms with E-state index >= 15 is 0 Å². The number of hydrogen-bond donors (Lipinski definition) is 2. The number of aliphatic hydroxyl groups is 1. The number of rotatable bonds is 5. The predicted octanol–water partition coefficient (Wildman–Crippen LogP) is 1.43. The lowest BCUT2D eigenvalue weighted by molar-refractivity contribution is 0.191. The van der Waals surface area contributed by atoms with Gasteiger partial charge in [-0.1, -0.05) is 24.6 Å². The lowest BCUT2D eigenvalue weighted by Gasteiger charge is -2.26. The van der Waals surface area contributed by atoms with Gasteiger partial charge in [-0.05, 0) is 32.4 Å². The normalized spacial score (nSPS) is 15.5. The molecular formula is C12H19NO3S. The monoisotopic (exact) mass is 257 g/mol. The second-order valence-corrected chi connectivity index (χ2v) is 6.17. The summed E-state index contributed by atoms with van der Waals surface area (Å²) in [5.41, 5.74) is 0.188. The van der Waals surface area contributed by atoms with E-state index in [-0.39, 0.29) is 11.5 Å². The summed E-state index contributed by atoms with van der Waals surface area (Å²) in [5.74, 6) is 0. The van der Waals surface area contributed by atoms with E-state index in [4.69, 9.17) is 0 Å². The van der Waals surface area contributed by atoms with Crippen LogP contribution in [0.3, 0.4) is 0 Å². The van der Waals surface area contributed by atoms with Gasteiger partial charge in [0.2, 0.25) is 10.0 Å². The molecule has 2 N–H and O–H groups in total. The Bertz CT molecular complexity index is 461. The van der Waals surface area contributed by atoms with Gasteiger partial charge in [-0.3, -0.25) is 0 Å². The number of sulfonamides is 1. The lowest BCUT2D eigenvalue weighted by Crippen LogP contribution is -2.48. The summed E-state index contributed by atoms with van der Waals surface area (Å²) in [6, 6.07) is 6.61. The van der Waals surface area contributed by atoms with E-state index in [0.29, 0.717) is 6.42 Å². The Labute approximate surface area is 103 Å². The van der Waals surface area contributed by atoms with Crippen LogP contribution in [0.5, 0.6) is 0 Å². The Balaban J connectivity index is 3.00. The summed E-state index contributed by atoms with van der Waals surface area (Å²) < 4.78 is 26.6. The van der Waals surface area contributed by atoms with Crippen LogP contribution in [-0.2, 0) is 10.0 Å². The molecule has 0 amide bonds. The van der Waals surface area contributed by atoms with Gasteiger partial charge >= 0.3 is 0 Å². The first-order chi connectivity index (χ1) is 7.83. The molecule has 1 rings (SSSR count). The Morgan fingerprint density at radius 2 is 1.82 bits per heavy atom. The molecule has 5 heteroatoms. The summed E-state index contributed by atoms with van der Waals surface area (Å²) in [6.07, 6.45) is 0.522. The molecule has 96 valence electrons. The highest BCUT2D eigenvalue weighted by Crippen LogP contribution is 2.16. The van der Waals surface area contributed by atoms with Crippen molar-refractivity contribution in [1.29, 1.82) is 0 Å². The fourth-order valence-corrected chi connectivity index (χ4v) is 2.79. The molecule has 4 nitrogen and oxygen atoms in total. The first-order valence-electron chi connectivity index (χ1n) is 5.54. The molecule has 0 heterocycles. The second kappa shape index (κ2) is 5.16. The molecule has 0 saturated heterocycles. The first kappa shape index (κ1) is 14.2. The van der Waals surface area contributed by atoms with E-state index in [9.17, 15) is 13.5 Å². The second-order valence-electron chi connectivity index (χ2n) is 4.49. The summed E-state index contributed by atoms with van der Waals surface area (Å²) in [6.45, 7) is 5.18. The van der Waals surface area contributed by atoms with Crippen LogP contribution in [0.25, 0.3) is 0 Å². The van der Waals surface area contributed by atoms with Crippen molar-refractivity contribution >= 4 is 10.0 Å². The zero-order chi connectivity index (χ0) is 13.1. The average Bonchev–Trinajstić information content (AvgIpc) is 2.29. The van der Waals surface area contributed by atoms with Gasteiger partial charge in [0.15, 0.2) is 0 Å². The molecule has 0 aromatic heterocycles. The van der Waals surface area contributed by atoms with Crippen molar-refractivity contribution in [2.45, 2.75) is 37.6 Å². The van der Waals surface area contributed by atoms with Crippen LogP contribution in [0.4, 0.5) is 0 Å². The minimum Gasteiger partial charge on any atom is -0.394 e. The molecule has 0 fully saturated rings. The van der Waals surface area contributed by atoms with Gasteiger partial charge in [0, 0.05) is 0 Å². The SMILES string of the molecule is CCC(C)(CO)NS(=O)(=O)c1ccc(C)cc1. The van der Waals surface area contributed by atoms with Gasteiger partial charge in [0.1, 0.15) is 0 Å². The van der Waals surface area contributed by atoms with Crippen LogP contribution in [-0.4, -0.2) is 25.7 Å². The molecule has 0 bridgehead atoms. The van der Waals surface area contributed by atoms with Crippen molar-refractivity contribution < 1.29 is 13.5 Å². The van der Waals surface area contributed by atoms with Crippen LogP contribution in [0.1, 0.15) is 25.8 Å². The predicted molar refractivity (Wildman–Crippen MR) is 67.3 cm³/mol. The molecule has 1 aromatic carbocycles. The van der Waals surface area contributed by atoms with Crippen molar-refractivity contribution in [3.05, 3.63) is 29.8 Å². The number of nitrogens with one attached hydrogen (secondary N) is 1. The maximum atomic E-state index is 12.1. The maximum Gasteiger partial charge on any atom is 0.241 e. The largest absolute Gasteiger partial charge is 0.394 e. The average molecular weight is 257 g/mol. The summed E-state index contributed by atoms with van der Waals surface area (Å²) >= 11 is 0. The third-order valence-corrected chi connectivity index (χ3v) is 4.50. The van der Waals surface area contributed by atoms with E-state index in [1.807, 2.05) is 13.8 Å². The fourth-order valence-electron chi connectivity index (χ4n) is 1.32. The van der Waals surface area contributed by atoms with Crippen LogP contribution in [0, 0.1) is 6.92 Å². The molecule has 0 aliphatic carbocycles. The third kappa shape index (κ3) is 3.52. The Morgan fingerprint density at radius 3 is 2.24 bits per heavy atom. The lowest BCUT2D eigenvalue weighted by atomic mass is 10.0. The van der Waals surface area contributed by atoms with Crippen molar-refractivity contribution in [2.75, 3.05) is 6.61 Å². The standard InChI is InChI=1S/C12H19NO3S/c1-4-12(3,9-14)13-17(15,16)11-7-5-10(2)6-8-11/h5-8,13-14H,4,9H2,1-3H3. The maximum absolute atomic E-state index is 12.1. The van der Waals surface area contributed by atoms with E-state index in [0.717, 1.165) is 5.56 Å². The van der Waals surface area contributed by atoms with Gasteiger partial charge in [0.25, 0.3) is 0 Å². The molecule has 1 aromatic rings. The van der Waals surface area contributed by atoms with E-state index in [1.54, 1.807) is 31.2 Å². The number of aryl methyl sites for hydroxylation is 1. The van der Waals surface area contributed by atoms with E-state index in [1.165, 1.54) is 0 Å². The van der Waals surface area contributed by atoms with Crippen LogP contribution < -0.4 is 4.72 Å². The first-order valence-corrected chi connectivity index (χ1v) is 7.03.